The highest BCUT2D eigenvalue weighted by molar-refractivity contribution is 5.96. The van der Waals surface area contributed by atoms with Gasteiger partial charge >= 0.3 is 0 Å². The molecule has 1 heteroatoms. The van der Waals surface area contributed by atoms with Crippen LogP contribution in [0.3, 0.4) is 0 Å². The smallest absolute Gasteiger partial charge is 0.0543 e. The summed E-state index contributed by atoms with van der Waals surface area (Å²) in [4.78, 5) is 2.50. The fraction of sp³-hybridized carbons (Fsp3) is 0.160. The minimum Gasteiger partial charge on any atom is -0.310 e. The normalized spacial score (nSPS) is 14.0. The lowest BCUT2D eigenvalue weighted by molar-refractivity contribution is 0.660. The standard InChI is InChI=1S/C50H43N/c1-34-30-39-18-10-11-19-40(39)31-44(34)46-32-45-43-20-12-13-21-47(43)50(2,3)48(45)33-49(46)51(41-26-22-37(23-27-41)35-14-6-4-7-15-35)42-28-24-38(25-29-42)36-16-8-5-9-17-36/h4-9,12-17,20-33H,10-11,18-19H2,1-3H3. The summed E-state index contributed by atoms with van der Waals surface area (Å²) in [5.41, 5.74) is 20.8. The van der Waals surface area contributed by atoms with Crippen molar-refractivity contribution in [3.8, 4) is 44.5 Å². The molecule has 2 aliphatic carbocycles. The molecule has 0 radical (unpaired) electrons. The summed E-state index contributed by atoms with van der Waals surface area (Å²) in [7, 11) is 0. The number of hydrogen-bond acceptors (Lipinski definition) is 1. The van der Waals surface area contributed by atoms with Crippen LogP contribution in [-0.2, 0) is 18.3 Å². The zero-order chi connectivity index (χ0) is 34.5. The predicted molar refractivity (Wildman–Crippen MR) is 216 cm³/mol. The van der Waals surface area contributed by atoms with Crippen LogP contribution >= 0.6 is 0 Å². The third-order valence-corrected chi connectivity index (χ3v) is 11.4. The Balaban J connectivity index is 1.29. The lowest BCUT2D eigenvalue weighted by Crippen LogP contribution is -2.17. The molecular weight excluding hydrogens is 615 g/mol. The molecule has 7 aromatic carbocycles. The van der Waals surface area contributed by atoms with Crippen molar-refractivity contribution < 1.29 is 0 Å². The van der Waals surface area contributed by atoms with E-state index in [1.54, 1.807) is 0 Å². The van der Waals surface area contributed by atoms with Crippen molar-refractivity contribution in [1.82, 2.24) is 0 Å². The summed E-state index contributed by atoms with van der Waals surface area (Å²) < 4.78 is 0. The Morgan fingerprint density at radius 3 is 1.53 bits per heavy atom. The van der Waals surface area contributed by atoms with Crippen LogP contribution in [0.2, 0.25) is 0 Å². The molecule has 0 amide bonds. The van der Waals surface area contributed by atoms with E-state index in [-0.39, 0.29) is 5.41 Å². The van der Waals surface area contributed by atoms with Gasteiger partial charge in [-0.3, -0.25) is 0 Å². The monoisotopic (exact) mass is 657 g/mol. The van der Waals surface area contributed by atoms with Crippen molar-refractivity contribution in [1.29, 1.82) is 0 Å². The van der Waals surface area contributed by atoms with Crippen molar-refractivity contribution in [2.75, 3.05) is 4.90 Å². The van der Waals surface area contributed by atoms with Gasteiger partial charge < -0.3 is 4.90 Å². The quantitative estimate of drug-likeness (QED) is 0.172. The minimum atomic E-state index is -0.121. The number of aryl methyl sites for hydroxylation is 3. The Hall–Kier alpha value is -5.66. The Kier molecular flexibility index (Phi) is 7.73. The van der Waals surface area contributed by atoms with Crippen molar-refractivity contribution in [3.05, 3.63) is 186 Å². The first-order valence-corrected chi connectivity index (χ1v) is 18.5. The van der Waals surface area contributed by atoms with Gasteiger partial charge in [-0.25, -0.2) is 0 Å². The van der Waals surface area contributed by atoms with Gasteiger partial charge in [-0.15, -0.1) is 0 Å². The van der Waals surface area contributed by atoms with E-state index in [1.807, 2.05) is 0 Å². The number of benzene rings is 7. The van der Waals surface area contributed by atoms with Crippen LogP contribution in [0.4, 0.5) is 17.1 Å². The fourth-order valence-corrected chi connectivity index (χ4v) is 8.63. The second kappa shape index (κ2) is 12.6. The molecule has 0 fully saturated rings. The zero-order valence-electron chi connectivity index (χ0n) is 29.8. The van der Waals surface area contributed by atoms with Crippen LogP contribution in [0, 0.1) is 6.92 Å². The number of rotatable bonds is 6. The van der Waals surface area contributed by atoms with Gasteiger partial charge in [0.25, 0.3) is 0 Å². The topological polar surface area (TPSA) is 3.24 Å². The van der Waals surface area contributed by atoms with Crippen molar-refractivity contribution in [2.24, 2.45) is 0 Å². The van der Waals surface area contributed by atoms with Crippen LogP contribution in [0.5, 0.6) is 0 Å². The van der Waals surface area contributed by atoms with Crippen molar-refractivity contribution in [3.63, 3.8) is 0 Å². The molecule has 0 bridgehead atoms. The molecule has 0 aliphatic heterocycles. The average Bonchev–Trinajstić information content (AvgIpc) is 3.41. The lowest BCUT2D eigenvalue weighted by Gasteiger charge is -2.31. The highest BCUT2D eigenvalue weighted by Crippen LogP contribution is 2.54. The third kappa shape index (κ3) is 5.49. The van der Waals surface area contributed by atoms with Crippen molar-refractivity contribution >= 4 is 17.1 Å². The Morgan fingerprint density at radius 1 is 0.431 bits per heavy atom. The number of fused-ring (bicyclic) bond motifs is 4. The first-order chi connectivity index (χ1) is 25.0. The maximum atomic E-state index is 2.52. The molecule has 0 heterocycles. The van der Waals surface area contributed by atoms with Crippen LogP contribution < -0.4 is 4.90 Å². The van der Waals surface area contributed by atoms with E-state index in [4.69, 9.17) is 0 Å². The number of hydrogen-bond donors (Lipinski definition) is 0. The van der Waals surface area contributed by atoms with Gasteiger partial charge in [0.1, 0.15) is 0 Å². The average molecular weight is 658 g/mol. The predicted octanol–water partition coefficient (Wildman–Crippen LogP) is 13.7. The highest BCUT2D eigenvalue weighted by atomic mass is 15.1. The first kappa shape index (κ1) is 31.3. The molecule has 248 valence electrons. The Bertz CT molecular complexity index is 2280. The Morgan fingerprint density at radius 2 is 0.941 bits per heavy atom. The third-order valence-electron chi connectivity index (χ3n) is 11.4. The van der Waals surface area contributed by atoms with Gasteiger partial charge in [0.2, 0.25) is 0 Å². The molecule has 0 unspecified atom stereocenters. The first-order valence-electron chi connectivity index (χ1n) is 18.5. The minimum absolute atomic E-state index is 0.121. The Labute approximate surface area is 302 Å². The molecule has 0 saturated carbocycles. The lowest BCUT2D eigenvalue weighted by atomic mass is 9.81. The molecule has 1 nitrogen and oxygen atoms in total. The maximum Gasteiger partial charge on any atom is 0.0543 e. The van der Waals surface area contributed by atoms with Gasteiger partial charge in [0, 0.05) is 22.4 Å². The van der Waals surface area contributed by atoms with Gasteiger partial charge in [0.15, 0.2) is 0 Å². The largest absolute Gasteiger partial charge is 0.310 e. The van der Waals surface area contributed by atoms with Gasteiger partial charge in [-0.2, -0.15) is 0 Å². The van der Waals surface area contributed by atoms with E-state index in [0.29, 0.717) is 0 Å². The second-order valence-electron chi connectivity index (χ2n) is 14.9. The van der Waals surface area contributed by atoms with Crippen molar-refractivity contribution in [2.45, 2.75) is 51.9 Å². The van der Waals surface area contributed by atoms with E-state index in [0.717, 1.165) is 17.8 Å². The zero-order valence-corrected chi connectivity index (χ0v) is 29.8. The van der Waals surface area contributed by atoms with Crippen LogP contribution in [0.1, 0.15) is 54.5 Å². The van der Waals surface area contributed by atoms with Crippen LogP contribution in [0.15, 0.2) is 158 Å². The molecule has 51 heavy (non-hydrogen) atoms. The summed E-state index contributed by atoms with van der Waals surface area (Å²) in [6.07, 6.45) is 4.89. The molecule has 0 saturated heterocycles. The maximum absolute atomic E-state index is 2.52. The summed E-state index contributed by atoms with van der Waals surface area (Å²) >= 11 is 0. The number of nitrogens with zero attached hydrogens (tertiary/aromatic N) is 1. The molecular formula is C50H43N. The van der Waals surface area contributed by atoms with E-state index in [1.165, 1.54) is 97.3 Å². The molecule has 2 aliphatic rings. The summed E-state index contributed by atoms with van der Waals surface area (Å²) in [6, 6.07) is 58.7. The van der Waals surface area contributed by atoms with Gasteiger partial charge in [-0.1, -0.05) is 135 Å². The van der Waals surface area contributed by atoms with E-state index >= 15 is 0 Å². The fourth-order valence-electron chi connectivity index (χ4n) is 8.63. The summed E-state index contributed by atoms with van der Waals surface area (Å²) in [5.74, 6) is 0. The second-order valence-corrected chi connectivity index (χ2v) is 14.9. The molecule has 0 N–H and O–H groups in total. The van der Waals surface area contributed by atoms with Crippen LogP contribution in [0.25, 0.3) is 44.5 Å². The SMILES string of the molecule is Cc1cc2c(cc1-c1cc3c(cc1N(c1ccc(-c4ccccc4)cc1)c1ccc(-c4ccccc4)cc1)C(C)(C)c1ccccc1-3)CCCC2. The molecule has 0 atom stereocenters. The highest BCUT2D eigenvalue weighted by Gasteiger charge is 2.37. The molecule has 0 spiro atoms. The van der Waals surface area contributed by atoms with E-state index in [2.05, 4.69) is 183 Å². The van der Waals surface area contributed by atoms with Crippen LogP contribution in [-0.4, -0.2) is 0 Å². The number of anilines is 3. The van der Waals surface area contributed by atoms with E-state index in [9.17, 15) is 0 Å². The summed E-state index contributed by atoms with van der Waals surface area (Å²) in [5, 5.41) is 0. The van der Waals surface area contributed by atoms with Gasteiger partial charge in [-0.05, 0) is 136 Å². The van der Waals surface area contributed by atoms with E-state index < -0.39 is 0 Å². The summed E-state index contributed by atoms with van der Waals surface area (Å²) in [6.45, 7) is 7.09. The molecule has 0 aromatic heterocycles. The molecule has 7 aromatic rings. The van der Waals surface area contributed by atoms with Gasteiger partial charge in [0.05, 0.1) is 5.69 Å². The molecule has 9 rings (SSSR count).